The van der Waals surface area contributed by atoms with Crippen LogP contribution in [0.15, 0.2) is 83.9 Å². The molecule has 0 aromatic heterocycles. The first kappa shape index (κ1) is 30.4. The quantitative estimate of drug-likeness (QED) is 0.117. The molecule has 49 heavy (non-hydrogen) atoms. The molecule has 4 aromatic carbocycles. The number of thiocarbonyl (C=S) groups is 1. The summed E-state index contributed by atoms with van der Waals surface area (Å²) in [6.07, 6.45) is 0. The van der Waals surface area contributed by atoms with Gasteiger partial charge < -0.3 is 35.1 Å². The van der Waals surface area contributed by atoms with Gasteiger partial charge in [0.2, 0.25) is 5.71 Å². The number of aliphatic imine (C=N–C) groups is 1. The maximum absolute atomic E-state index is 13.4. The van der Waals surface area contributed by atoms with E-state index in [1.165, 1.54) is 24.3 Å². The summed E-state index contributed by atoms with van der Waals surface area (Å²) in [6, 6.07) is 21.9. The number of anilines is 1. The number of amidine groups is 1. The molecule has 4 aliphatic heterocycles. The number of esters is 1. The van der Waals surface area contributed by atoms with Gasteiger partial charge in [0.25, 0.3) is 5.91 Å². The van der Waals surface area contributed by atoms with E-state index in [1.807, 2.05) is 31.2 Å². The average Bonchev–Trinajstić information content (AvgIpc) is 3.54. The first-order chi connectivity index (χ1) is 23.7. The Morgan fingerprint density at radius 1 is 1.00 bits per heavy atom. The van der Waals surface area contributed by atoms with Crippen LogP contribution in [0.3, 0.4) is 0 Å². The number of benzene rings is 4. The second-order valence-electron chi connectivity index (χ2n) is 12.0. The number of nitrogens with zero attached hydrogens (tertiary/aromatic N) is 2. The van der Waals surface area contributed by atoms with Crippen molar-refractivity contribution in [2.45, 2.75) is 18.6 Å². The van der Waals surface area contributed by atoms with Crippen LogP contribution < -0.4 is 25.1 Å². The molecule has 1 atom stereocenters. The Kier molecular flexibility index (Phi) is 7.21. The van der Waals surface area contributed by atoms with E-state index in [1.54, 1.807) is 35.2 Å². The van der Waals surface area contributed by atoms with Crippen molar-refractivity contribution in [3.63, 3.8) is 0 Å². The number of aromatic hydroxyl groups is 2. The van der Waals surface area contributed by atoms with Crippen molar-refractivity contribution in [2.24, 2.45) is 4.99 Å². The molecule has 8 rings (SSSR count). The number of fused-ring (bicyclic) bond motifs is 7. The molecule has 0 bridgehead atoms. The van der Waals surface area contributed by atoms with Gasteiger partial charge in [-0.05, 0) is 79.8 Å². The fraction of sp³-hybridized carbons (Fsp3) is 0.194. The van der Waals surface area contributed by atoms with Crippen LogP contribution >= 0.6 is 12.2 Å². The molecule has 4 aliphatic rings. The molecule has 1 spiro atoms. The van der Waals surface area contributed by atoms with E-state index in [0.29, 0.717) is 76.5 Å². The molecule has 0 aliphatic carbocycles. The van der Waals surface area contributed by atoms with Gasteiger partial charge in [0.15, 0.2) is 23.1 Å². The van der Waals surface area contributed by atoms with Crippen LogP contribution in [0.25, 0.3) is 0 Å². The number of phenolic OH excluding ortho intramolecular Hbond substituents is 2. The van der Waals surface area contributed by atoms with Gasteiger partial charge in [0.1, 0.15) is 47.9 Å². The van der Waals surface area contributed by atoms with Crippen LogP contribution in [-0.2, 0) is 15.1 Å². The number of nitrogens with one attached hydrogen (secondary N) is 3. The Morgan fingerprint density at radius 2 is 1.69 bits per heavy atom. The van der Waals surface area contributed by atoms with Crippen molar-refractivity contribution in [3.8, 4) is 28.7 Å². The van der Waals surface area contributed by atoms with Gasteiger partial charge in [-0.15, -0.1) is 0 Å². The molecule has 0 radical (unpaired) electrons. The van der Waals surface area contributed by atoms with E-state index in [9.17, 15) is 19.8 Å². The Balaban J connectivity index is 0.904. The normalized spacial score (nSPS) is 17.9. The molecule has 0 saturated carbocycles. The van der Waals surface area contributed by atoms with Gasteiger partial charge in [0, 0.05) is 40.1 Å². The molecule has 4 aromatic rings. The molecule has 0 saturated heterocycles. The van der Waals surface area contributed by atoms with E-state index >= 15 is 0 Å². The first-order valence-corrected chi connectivity index (χ1v) is 16.1. The van der Waals surface area contributed by atoms with Crippen LogP contribution in [0, 0.1) is 0 Å². The summed E-state index contributed by atoms with van der Waals surface area (Å²) in [6.45, 7) is 3.58. The van der Waals surface area contributed by atoms with Gasteiger partial charge >= 0.3 is 5.97 Å². The minimum absolute atomic E-state index is 0.0108. The molecule has 246 valence electrons. The zero-order valence-electron chi connectivity index (χ0n) is 26.1. The fourth-order valence-electron chi connectivity index (χ4n) is 6.65. The summed E-state index contributed by atoms with van der Waals surface area (Å²) in [5.74, 6) is 1.57. The zero-order valence-corrected chi connectivity index (χ0v) is 27.0. The summed E-state index contributed by atoms with van der Waals surface area (Å²) in [5.41, 5.74) is 3.24. The van der Waals surface area contributed by atoms with Crippen molar-refractivity contribution in [1.82, 2.24) is 10.2 Å². The predicted molar refractivity (Wildman–Crippen MR) is 183 cm³/mol. The number of hydrogen-bond acceptors (Lipinski definition) is 9. The molecular formula is C36H30N5O7S+. The number of carbonyl (C=O) groups excluding carboxylic acids is 2. The summed E-state index contributed by atoms with van der Waals surface area (Å²) in [5, 5.41) is 26.8. The van der Waals surface area contributed by atoms with Gasteiger partial charge in [-0.1, -0.05) is 6.07 Å². The first-order valence-electron chi connectivity index (χ1n) is 15.7. The second-order valence-corrected chi connectivity index (χ2v) is 12.4. The number of ether oxygens (including phenoxy) is 3. The molecular weight excluding hydrogens is 646 g/mol. The smallest absolute Gasteiger partial charge is 0.340 e. The minimum Gasteiger partial charge on any atom is -0.508 e. The lowest BCUT2D eigenvalue weighted by Gasteiger charge is -2.36. The van der Waals surface area contributed by atoms with E-state index in [4.69, 9.17) is 26.4 Å². The highest BCUT2D eigenvalue weighted by Gasteiger charge is 2.53. The van der Waals surface area contributed by atoms with Gasteiger partial charge in [0.05, 0.1) is 12.1 Å². The van der Waals surface area contributed by atoms with Gasteiger partial charge in [-0.25, -0.2) is 9.79 Å². The maximum atomic E-state index is 13.4. The lowest BCUT2D eigenvalue weighted by molar-refractivity contribution is -0.443. The van der Waals surface area contributed by atoms with Gasteiger partial charge in [-0.2, -0.15) is 0 Å². The zero-order chi connectivity index (χ0) is 33.9. The van der Waals surface area contributed by atoms with Crippen molar-refractivity contribution in [1.29, 1.82) is 0 Å². The summed E-state index contributed by atoms with van der Waals surface area (Å²) >= 11 is 5.50. The molecule has 13 heteroatoms. The molecule has 5 N–H and O–H groups in total. The molecule has 4 heterocycles. The van der Waals surface area contributed by atoms with Crippen LogP contribution in [0.4, 0.5) is 5.69 Å². The van der Waals surface area contributed by atoms with Crippen molar-refractivity contribution >= 4 is 46.4 Å². The predicted octanol–water partition coefficient (Wildman–Crippen LogP) is 2.54. The monoisotopic (exact) mass is 676 g/mol. The molecule has 1 unspecified atom stereocenters. The third-order valence-corrected chi connectivity index (χ3v) is 9.19. The highest BCUT2D eigenvalue weighted by molar-refractivity contribution is 7.80. The minimum atomic E-state index is -1.33. The van der Waals surface area contributed by atoms with Crippen LogP contribution in [0.2, 0.25) is 0 Å². The lowest BCUT2D eigenvalue weighted by atomic mass is 9.77. The topological polar surface area (TPSA) is 156 Å². The van der Waals surface area contributed by atoms with Crippen LogP contribution in [-0.4, -0.2) is 75.9 Å². The number of rotatable bonds is 6. The summed E-state index contributed by atoms with van der Waals surface area (Å²) in [4.78, 5) is 35.3. The van der Waals surface area contributed by atoms with Crippen molar-refractivity contribution < 1.29 is 39.0 Å². The number of hydrogen-bond donors (Lipinski definition) is 5. The van der Waals surface area contributed by atoms with Crippen LogP contribution in [0.5, 0.6) is 28.7 Å². The van der Waals surface area contributed by atoms with Crippen molar-refractivity contribution in [3.05, 3.63) is 107 Å². The third kappa shape index (κ3) is 5.19. The highest BCUT2D eigenvalue weighted by atomic mass is 32.1. The van der Waals surface area contributed by atoms with E-state index in [0.717, 1.165) is 17.1 Å². The number of carbonyl (C=O) groups is 2. The third-order valence-electron chi connectivity index (χ3n) is 8.94. The van der Waals surface area contributed by atoms with E-state index < -0.39 is 11.6 Å². The second kappa shape index (κ2) is 11.6. The van der Waals surface area contributed by atoms with E-state index in [-0.39, 0.29) is 23.4 Å². The number of amides is 1. The van der Waals surface area contributed by atoms with Crippen LogP contribution in [0.1, 0.15) is 39.5 Å². The fourth-order valence-corrected chi connectivity index (χ4v) is 6.87. The Labute approximate surface area is 285 Å². The number of phenols is 2. The molecule has 12 nitrogen and oxygen atoms in total. The Morgan fingerprint density at radius 3 is 2.41 bits per heavy atom. The average molecular weight is 677 g/mol. The molecule has 0 fully saturated rings. The maximum Gasteiger partial charge on any atom is 0.340 e. The van der Waals surface area contributed by atoms with Crippen molar-refractivity contribution in [2.75, 3.05) is 31.6 Å². The molecule has 1 amide bonds. The van der Waals surface area contributed by atoms with Gasteiger partial charge in [-0.3, -0.25) is 14.7 Å². The summed E-state index contributed by atoms with van der Waals surface area (Å²) in [7, 11) is 0. The summed E-state index contributed by atoms with van der Waals surface area (Å²) < 4.78 is 18.0. The standard InChI is InChI=1S/C36H29N5O7S/c1-19-33(44)41-18-29(38-17-32(41)39-19)20-2-7-24(8-3-20)46-13-12-37-35(49)40-21-4-9-26-25(14-21)34(45)48-36(26)27-10-5-22(42)15-30(27)47-31-16-23(43)6-11-28(31)36/h2-11,14-16,19,42-43H,12-13,17-18H2,1H3,(H2,37,40,49)/p+1. The Hall–Kier alpha value is -5.95. The SMILES string of the molecule is CC1N=C2C[NH+]=C(c3ccc(OCCNC(=S)Nc4ccc5c(c4)C(=O)OC54c5ccc(O)cc5Oc5cc(O)ccc54)cc3)CN2C1=O. The lowest BCUT2D eigenvalue weighted by Crippen LogP contribution is -2.81. The largest absolute Gasteiger partial charge is 0.508 e. The van der Waals surface area contributed by atoms with E-state index in [2.05, 4.69) is 20.6 Å². The Bertz CT molecular complexity index is 2080. The highest BCUT2D eigenvalue weighted by Crippen LogP contribution is 2.57.